The number of hydrogen-bond donors (Lipinski definition) is 2. The molecular formula is C10H15NO6S. The number of sulfone groups is 1. The number of carboxylic acids is 1. The highest BCUT2D eigenvalue weighted by molar-refractivity contribution is 7.91. The van der Waals surface area contributed by atoms with Crippen molar-refractivity contribution in [2.24, 2.45) is 0 Å². The fourth-order valence-corrected chi connectivity index (χ4v) is 3.89. The maximum atomic E-state index is 11.8. The fourth-order valence-electron chi connectivity index (χ4n) is 2.21. The molecule has 1 unspecified atom stereocenters. The molecule has 2 saturated heterocycles. The van der Waals surface area contributed by atoms with E-state index in [4.69, 9.17) is 9.84 Å². The van der Waals surface area contributed by atoms with Crippen LogP contribution in [0, 0.1) is 0 Å². The van der Waals surface area contributed by atoms with E-state index in [1.54, 1.807) is 0 Å². The molecule has 2 N–H and O–H groups in total. The molecule has 0 aliphatic carbocycles. The van der Waals surface area contributed by atoms with Crippen molar-refractivity contribution in [3.63, 3.8) is 0 Å². The van der Waals surface area contributed by atoms with Crippen LogP contribution < -0.4 is 5.32 Å². The van der Waals surface area contributed by atoms with E-state index in [9.17, 15) is 18.0 Å². The van der Waals surface area contributed by atoms with Crippen molar-refractivity contribution in [1.29, 1.82) is 0 Å². The minimum absolute atomic E-state index is 0.0478. The summed E-state index contributed by atoms with van der Waals surface area (Å²) in [6.07, 6.45) is -0.663. The molecule has 2 heterocycles. The van der Waals surface area contributed by atoms with E-state index in [1.807, 2.05) is 0 Å². The van der Waals surface area contributed by atoms with Crippen molar-refractivity contribution in [2.45, 2.75) is 37.5 Å². The summed E-state index contributed by atoms with van der Waals surface area (Å²) < 4.78 is 27.5. The number of carbonyl (C=O) groups is 2. The Balaban J connectivity index is 1.85. The van der Waals surface area contributed by atoms with E-state index in [-0.39, 0.29) is 17.5 Å². The third-order valence-electron chi connectivity index (χ3n) is 3.17. The Bertz CT molecular complexity index is 459. The van der Waals surface area contributed by atoms with Crippen LogP contribution in [0.4, 0.5) is 0 Å². The van der Waals surface area contributed by atoms with Crippen LogP contribution in [0.2, 0.25) is 0 Å². The van der Waals surface area contributed by atoms with Gasteiger partial charge in [0.25, 0.3) is 0 Å². The second kappa shape index (κ2) is 4.85. The molecule has 3 atom stereocenters. The van der Waals surface area contributed by atoms with Gasteiger partial charge in [-0.1, -0.05) is 0 Å². The van der Waals surface area contributed by atoms with Crippen LogP contribution >= 0.6 is 0 Å². The Labute approximate surface area is 104 Å². The molecule has 2 aliphatic rings. The molecule has 0 radical (unpaired) electrons. The van der Waals surface area contributed by atoms with Crippen molar-refractivity contribution < 1.29 is 27.9 Å². The molecule has 0 aromatic heterocycles. The predicted molar refractivity (Wildman–Crippen MR) is 60.7 cm³/mol. The topological polar surface area (TPSA) is 110 Å². The number of amides is 1. The molecule has 0 saturated carbocycles. The van der Waals surface area contributed by atoms with Crippen LogP contribution in [0.1, 0.15) is 19.3 Å². The van der Waals surface area contributed by atoms with E-state index in [0.29, 0.717) is 19.3 Å². The van der Waals surface area contributed by atoms with Gasteiger partial charge in [-0.2, -0.15) is 0 Å². The van der Waals surface area contributed by atoms with Crippen LogP contribution in [0.3, 0.4) is 0 Å². The number of carbonyl (C=O) groups excluding carboxylic acids is 1. The van der Waals surface area contributed by atoms with Gasteiger partial charge in [-0.3, -0.25) is 4.79 Å². The summed E-state index contributed by atoms with van der Waals surface area (Å²) in [4.78, 5) is 22.4. The number of ether oxygens (including phenoxy) is 1. The first-order valence-electron chi connectivity index (χ1n) is 5.76. The molecule has 102 valence electrons. The number of aliphatic carboxylic acids is 1. The molecule has 0 aromatic carbocycles. The second-order valence-electron chi connectivity index (χ2n) is 4.64. The van der Waals surface area contributed by atoms with Crippen LogP contribution in [-0.4, -0.2) is 55.2 Å². The molecule has 0 aromatic rings. The zero-order chi connectivity index (χ0) is 13.3. The highest BCUT2D eigenvalue weighted by atomic mass is 32.2. The Morgan fingerprint density at radius 2 is 1.83 bits per heavy atom. The lowest BCUT2D eigenvalue weighted by Crippen LogP contribution is -2.42. The summed E-state index contributed by atoms with van der Waals surface area (Å²) in [6.45, 7) is 0. The maximum absolute atomic E-state index is 11.8. The van der Waals surface area contributed by atoms with Gasteiger partial charge in [0.1, 0.15) is 6.10 Å². The van der Waals surface area contributed by atoms with E-state index in [1.165, 1.54) is 0 Å². The van der Waals surface area contributed by atoms with Gasteiger partial charge in [0, 0.05) is 6.04 Å². The van der Waals surface area contributed by atoms with Gasteiger partial charge in [0.05, 0.1) is 11.5 Å². The third kappa shape index (κ3) is 2.99. The van der Waals surface area contributed by atoms with E-state index in [2.05, 4.69) is 5.32 Å². The molecule has 2 fully saturated rings. The van der Waals surface area contributed by atoms with Gasteiger partial charge in [0.2, 0.25) is 5.91 Å². The zero-order valence-electron chi connectivity index (χ0n) is 9.66. The van der Waals surface area contributed by atoms with Crippen LogP contribution in [0.5, 0.6) is 0 Å². The average molecular weight is 277 g/mol. The van der Waals surface area contributed by atoms with Crippen LogP contribution in [0.25, 0.3) is 0 Å². The number of carboxylic acid groups (broad SMARTS) is 1. The minimum atomic E-state index is -3.04. The lowest BCUT2D eigenvalue weighted by Gasteiger charge is -2.15. The summed E-state index contributed by atoms with van der Waals surface area (Å²) in [5.74, 6) is -1.45. The van der Waals surface area contributed by atoms with Gasteiger partial charge in [0.15, 0.2) is 15.9 Å². The molecule has 0 spiro atoms. The van der Waals surface area contributed by atoms with Crippen molar-refractivity contribution in [2.75, 3.05) is 11.5 Å². The predicted octanol–water partition coefficient (Wildman–Crippen LogP) is -1.08. The van der Waals surface area contributed by atoms with Crippen molar-refractivity contribution in [1.82, 2.24) is 5.32 Å². The minimum Gasteiger partial charge on any atom is -0.479 e. The normalized spacial score (nSPS) is 34.3. The molecule has 8 heteroatoms. The highest BCUT2D eigenvalue weighted by Crippen LogP contribution is 2.21. The zero-order valence-corrected chi connectivity index (χ0v) is 10.5. The Hall–Kier alpha value is -1.15. The quantitative estimate of drug-likeness (QED) is 0.679. The van der Waals surface area contributed by atoms with Crippen molar-refractivity contribution in [3.8, 4) is 0 Å². The fraction of sp³-hybridized carbons (Fsp3) is 0.800. The second-order valence-corrected chi connectivity index (χ2v) is 6.87. The summed E-state index contributed by atoms with van der Waals surface area (Å²) >= 11 is 0. The molecular weight excluding hydrogens is 262 g/mol. The molecule has 2 rings (SSSR count). The monoisotopic (exact) mass is 277 g/mol. The largest absolute Gasteiger partial charge is 0.479 e. The van der Waals surface area contributed by atoms with Gasteiger partial charge in [-0.25, -0.2) is 13.2 Å². The Morgan fingerprint density at radius 3 is 2.33 bits per heavy atom. The van der Waals surface area contributed by atoms with E-state index in [0.717, 1.165) is 0 Å². The summed E-state index contributed by atoms with van der Waals surface area (Å²) in [7, 11) is -3.04. The smallest absolute Gasteiger partial charge is 0.332 e. The number of hydrogen-bond acceptors (Lipinski definition) is 5. The Morgan fingerprint density at radius 1 is 1.17 bits per heavy atom. The molecule has 2 aliphatic heterocycles. The van der Waals surface area contributed by atoms with E-state index < -0.39 is 33.9 Å². The SMILES string of the molecule is O=C(NC1CCS(=O)(=O)C1)[C@@H]1CC[C@H](C(=O)O)O1. The van der Waals surface area contributed by atoms with Crippen molar-refractivity contribution in [3.05, 3.63) is 0 Å². The first-order valence-corrected chi connectivity index (χ1v) is 7.58. The summed E-state index contributed by atoms with van der Waals surface area (Å²) in [5.41, 5.74) is 0. The summed E-state index contributed by atoms with van der Waals surface area (Å²) in [6, 6.07) is -0.380. The first-order chi connectivity index (χ1) is 8.37. The average Bonchev–Trinajstić information content (AvgIpc) is 2.85. The number of rotatable bonds is 3. The van der Waals surface area contributed by atoms with Crippen LogP contribution in [0.15, 0.2) is 0 Å². The van der Waals surface area contributed by atoms with Gasteiger partial charge < -0.3 is 15.2 Å². The van der Waals surface area contributed by atoms with Gasteiger partial charge in [-0.05, 0) is 19.3 Å². The first kappa shape index (κ1) is 13.3. The third-order valence-corrected chi connectivity index (χ3v) is 4.93. The molecule has 7 nitrogen and oxygen atoms in total. The summed E-state index contributed by atoms with van der Waals surface area (Å²) in [5, 5.41) is 11.3. The molecule has 0 bridgehead atoms. The lowest BCUT2D eigenvalue weighted by atomic mass is 10.1. The lowest BCUT2D eigenvalue weighted by molar-refractivity contribution is -0.151. The highest BCUT2D eigenvalue weighted by Gasteiger charge is 2.37. The molecule has 18 heavy (non-hydrogen) atoms. The maximum Gasteiger partial charge on any atom is 0.332 e. The molecule has 1 amide bonds. The van der Waals surface area contributed by atoms with Gasteiger partial charge in [-0.15, -0.1) is 0 Å². The standard InChI is InChI=1S/C10H15NO6S/c12-9(7-1-2-8(17-7)10(13)14)11-6-3-4-18(15,16)5-6/h6-8H,1-5H2,(H,11,12)(H,13,14)/t6?,7-,8+/m0/s1. The Kier molecular flexibility index (Phi) is 3.58. The van der Waals surface area contributed by atoms with Crippen LogP contribution in [-0.2, 0) is 24.2 Å². The number of nitrogens with one attached hydrogen (secondary N) is 1. The van der Waals surface area contributed by atoms with E-state index >= 15 is 0 Å². The van der Waals surface area contributed by atoms with Crippen molar-refractivity contribution >= 4 is 21.7 Å². The van der Waals surface area contributed by atoms with Gasteiger partial charge >= 0.3 is 5.97 Å².